The van der Waals surface area contributed by atoms with Gasteiger partial charge in [0.1, 0.15) is 10.7 Å². The van der Waals surface area contributed by atoms with Gasteiger partial charge in [-0.25, -0.2) is 9.37 Å². The number of hydrogen-bond acceptors (Lipinski definition) is 5. The second-order valence-electron chi connectivity index (χ2n) is 6.06. The van der Waals surface area contributed by atoms with Crippen molar-refractivity contribution in [2.45, 2.75) is 13.5 Å². The molecule has 4 rings (SSSR count). The molecule has 0 aliphatic rings. The Morgan fingerprint density at radius 2 is 2.15 bits per heavy atom. The van der Waals surface area contributed by atoms with Crippen LogP contribution < -0.4 is 10.6 Å². The van der Waals surface area contributed by atoms with E-state index >= 15 is 0 Å². The number of benzene rings is 2. The molecule has 0 saturated carbocycles. The van der Waals surface area contributed by atoms with E-state index in [0.29, 0.717) is 16.6 Å². The minimum absolute atomic E-state index is 0.233. The molecule has 0 bridgehead atoms. The lowest BCUT2D eigenvalue weighted by molar-refractivity contribution is 0.103. The summed E-state index contributed by atoms with van der Waals surface area (Å²) in [4.78, 5) is 17.3. The molecule has 6 nitrogen and oxygen atoms in total. The Labute approximate surface area is 158 Å². The summed E-state index contributed by atoms with van der Waals surface area (Å²) in [5.74, 6) is -0.514. The van der Waals surface area contributed by atoms with Crippen molar-refractivity contribution in [2.75, 3.05) is 10.6 Å². The van der Waals surface area contributed by atoms with E-state index in [1.807, 2.05) is 25.1 Å². The Morgan fingerprint density at radius 3 is 3.00 bits per heavy atom. The molecular weight excluding hydrogens is 365 g/mol. The van der Waals surface area contributed by atoms with E-state index in [4.69, 9.17) is 0 Å². The van der Waals surface area contributed by atoms with Crippen molar-refractivity contribution in [3.8, 4) is 0 Å². The van der Waals surface area contributed by atoms with Gasteiger partial charge in [0.2, 0.25) is 0 Å². The monoisotopic (exact) mass is 381 g/mol. The molecule has 0 unspecified atom stereocenters. The summed E-state index contributed by atoms with van der Waals surface area (Å²) in [5.41, 5.74) is 3.34. The number of aromatic nitrogens is 3. The summed E-state index contributed by atoms with van der Waals surface area (Å²) in [6, 6.07) is 10.2. The number of hydrogen-bond donors (Lipinski definition) is 3. The quantitative estimate of drug-likeness (QED) is 0.480. The van der Waals surface area contributed by atoms with Crippen LogP contribution >= 0.6 is 11.3 Å². The lowest BCUT2D eigenvalue weighted by atomic mass is 10.1. The van der Waals surface area contributed by atoms with Crippen LogP contribution in [-0.2, 0) is 6.54 Å². The molecule has 8 heteroatoms. The first-order valence-electron chi connectivity index (χ1n) is 8.28. The van der Waals surface area contributed by atoms with E-state index in [0.717, 1.165) is 27.7 Å². The third kappa shape index (κ3) is 3.65. The zero-order valence-electron chi connectivity index (χ0n) is 14.4. The number of aryl methyl sites for hydroxylation is 1. The van der Waals surface area contributed by atoms with Gasteiger partial charge in [-0.05, 0) is 36.2 Å². The smallest absolute Gasteiger partial charge is 0.267 e. The molecular formula is C19H16FN5OS. The molecule has 2 heterocycles. The first-order chi connectivity index (χ1) is 13.1. The van der Waals surface area contributed by atoms with Crippen LogP contribution in [-0.4, -0.2) is 21.1 Å². The van der Waals surface area contributed by atoms with Crippen LogP contribution in [0.1, 0.15) is 20.8 Å². The summed E-state index contributed by atoms with van der Waals surface area (Å²) >= 11 is 1.25. The van der Waals surface area contributed by atoms with E-state index < -0.39 is 0 Å². The summed E-state index contributed by atoms with van der Waals surface area (Å²) < 4.78 is 13.2. The van der Waals surface area contributed by atoms with Crippen LogP contribution in [0.5, 0.6) is 0 Å². The molecule has 0 fully saturated rings. The van der Waals surface area contributed by atoms with Gasteiger partial charge in [0.15, 0.2) is 5.13 Å². The van der Waals surface area contributed by atoms with Gasteiger partial charge in [0, 0.05) is 11.9 Å². The van der Waals surface area contributed by atoms with Crippen LogP contribution in [0.15, 0.2) is 48.8 Å². The van der Waals surface area contributed by atoms with Crippen molar-refractivity contribution in [2.24, 2.45) is 0 Å². The molecule has 0 atom stereocenters. The van der Waals surface area contributed by atoms with Gasteiger partial charge in [0.05, 0.1) is 23.6 Å². The third-order valence-corrected chi connectivity index (χ3v) is 5.09. The van der Waals surface area contributed by atoms with Crippen molar-refractivity contribution in [1.82, 2.24) is 15.2 Å². The highest BCUT2D eigenvalue weighted by atomic mass is 32.1. The van der Waals surface area contributed by atoms with E-state index in [1.165, 1.54) is 29.7 Å². The average Bonchev–Trinajstić information content (AvgIpc) is 3.32. The number of anilines is 2. The maximum Gasteiger partial charge on any atom is 0.267 e. The van der Waals surface area contributed by atoms with Crippen molar-refractivity contribution in [1.29, 1.82) is 0 Å². The van der Waals surface area contributed by atoms with Crippen molar-refractivity contribution < 1.29 is 9.18 Å². The summed E-state index contributed by atoms with van der Waals surface area (Å²) in [6.45, 7) is 2.36. The number of fused-ring (bicyclic) bond motifs is 1. The zero-order chi connectivity index (χ0) is 18.8. The maximum atomic E-state index is 13.2. The number of thiazole rings is 1. The van der Waals surface area contributed by atoms with Crippen molar-refractivity contribution in [3.63, 3.8) is 0 Å². The summed E-state index contributed by atoms with van der Waals surface area (Å²) in [6.07, 6.45) is 3.22. The molecule has 2 aromatic carbocycles. The summed E-state index contributed by atoms with van der Waals surface area (Å²) in [7, 11) is 0. The van der Waals surface area contributed by atoms with Gasteiger partial charge in [-0.3, -0.25) is 9.89 Å². The molecule has 0 aliphatic heterocycles. The van der Waals surface area contributed by atoms with E-state index in [9.17, 15) is 9.18 Å². The van der Waals surface area contributed by atoms with E-state index in [2.05, 4.69) is 25.8 Å². The Hall–Kier alpha value is -3.26. The fraction of sp³-hybridized carbons (Fsp3) is 0.105. The standard InChI is InChI=1S/C19H16FN5OS/c1-11-5-6-15-14(9-23-25-15)17(11)24-18(26)16-10-22-19(27-16)21-8-12-3-2-4-13(20)7-12/h2-7,9-10H,8H2,1H3,(H,21,22)(H,23,25)(H,24,26). The molecule has 2 aromatic heterocycles. The lowest BCUT2D eigenvalue weighted by Crippen LogP contribution is -2.11. The van der Waals surface area contributed by atoms with Crippen molar-refractivity contribution in [3.05, 3.63) is 70.6 Å². The van der Waals surface area contributed by atoms with Crippen molar-refractivity contribution >= 4 is 39.0 Å². The Kier molecular flexibility index (Phi) is 4.55. The molecule has 0 aliphatic carbocycles. The highest BCUT2D eigenvalue weighted by Gasteiger charge is 2.14. The molecule has 27 heavy (non-hydrogen) atoms. The first-order valence-corrected chi connectivity index (χ1v) is 9.10. The first kappa shape index (κ1) is 17.2. The number of carbonyl (C=O) groups is 1. The van der Waals surface area contributed by atoms with Crippen LogP contribution in [0.25, 0.3) is 10.9 Å². The predicted octanol–water partition coefficient (Wildman–Crippen LogP) is 4.33. The molecule has 3 N–H and O–H groups in total. The Bertz CT molecular complexity index is 1120. The largest absolute Gasteiger partial charge is 0.357 e. The number of carbonyl (C=O) groups excluding carboxylic acids is 1. The topological polar surface area (TPSA) is 82.7 Å². The fourth-order valence-electron chi connectivity index (χ4n) is 2.75. The number of H-pyrrole nitrogens is 1. The van der Waals surface area contributed by atoms with Crippen LogP contribution in [0.4, 0.5) is 15.2 Å². The van der Waals surface area contributed by atoms with E-state index in [-0.39, 0.29) is 11.7 Å². The van der Waals surface area contributed by atoms with Crippen LogP contribution in [0, 0.1) is 12.7 Å². The minimum Gasteiger partial charge on any atom is -0.357 e. The number of nitrogens with one attached hydrogen (secondary N) is 3. The van der Waals surface area contributed by atoms with Gasteiger partial charge < -0.3 is 10.6 Å². The minimum atomic E-state index is -0.280. The highest BCUT2D eigenvalue weighted by Crippen LogP contribution is 2.27. The van der Waals surface area contributed by atoms with Crippen LogP contribution in [0.3, 0.4) is 0 Å². The second-order valence-corrected chi connectivity index (χ2v) is 7.09. The highest BCUT2D eigenvalue weighted by molar-refractivity contribution is 7.17. The molecule has 1 amide bonds. The average molecular weight is 381 g/mol. The second kappa shape index (κ2) is 7.16. The Morgan fingerprint density at radius 1 is 1.26 bits per heavy atom. The number of rotatable bonds is 5. The molecule has 0 saturated heterocycles. The SMILES string of the molecule is Cc1ccc2[nH]ncc2c1NC(=O)c1cnc(NCc2cccc(F)c2)s1. The molecule has 0 radical (unpaired) electrons. The number of aromatic amines is 1. The predicted molar refractivity (Wildman–Crippen MR) is 105 cm³/mol. The van der Waals surface area contributed by atoms with Gasteiger partial charge in [0.25, 0.3) is 5.91 Å². The normalized spacial score (nSPS) is 10.9. The molecule has 136 valence electrons. The van der Waals surface area contributed by atoms with Gasteiger partial charge >= 0.3 is 0 Å². The van der Waals surface area contributed by atoms with E-state index in [1.54, 1.807) is 12.3 Å². The van der Waals surface area contributed by atoms with Gasteiger partial charge in [-0.2, -0.15) is 5.10 Å². The zero-order valence-corrected chi connectivity index (χ0v) is 15.2. The van der Waals surface area contributed by atoms with Gasteiger partial charge in [-0.15, -0.1) is 0 Å². The third-order valence-electron chi connectivity index (χ3n) is 4.13. The Balaban J connectivity index is 1.47. The fourth-order valence-corrected chi connectivity index (χ4v) is 3.46. The maximum absolute atomic E-state index is 13.2. The molecule has 4 aromatic rings. The molecule has 0 spiro atoms. The number of halogens is 1. The van der Waals surface area contributed by atoms with Gasteiger partial charge in [-0.1, -0.05) is 29.5 Å². The lowest BCUT2D eigenvalue weighted by Gasteiger charge is -2.08. The number of nitrogens with zero attached hydrogens (tertiary/aromatic N) is 2. The number of amides is 1. The van der Waals surface area contributed by atoms with Crippen LogP contribution in [0.2, 0.25) is 0 Å². The summed E-state index contributed by atoms with van der Waals surface area (Å²) in [5, 5.41) is 14.4.